The molecule has 3 rings (SSSR count). The molecule has 7 nitrogen and oxygen atoms in total. The number of halogens is 3. The van der Waals surface area contributed by atoms with Gasteiger partial charge in [-0.3, -0.25) is 4.57 Å². The first-order chi connectivity index (χ1) is 18.5. The van der Waals surface area contributed by atoms with E-state index in [1.54, 1.807) is 12.1 Å². The highest BCUT2D eigenvalue weighted by Gasteiger charge is 2.32. The monoisotopic (exact) mass is 582 g/mol. The van der Waals surface area contributed by atoms with Crippen LogP contribution in [0.4, 0.5) is 18.9 Å². The SMILES string of the molecule is C=CP(=O)(NCCCc1ccccc1)OCC(F)(F)F.C=CP(=O)(Nc1ccccc1)Oc1ccc(O)cc1. The van der Waals surface area contributed by atoms with E-state index in [1.165, 1.54) is 30.1 Å². The number of rotatable bonds is 13. The highest BCUT2D eigenvalue weighted by molar-refractivity contribution is 7.64. The van der Waals surface area contributed by atoms with Crippen molar-refractivity contribution in [3.05, 3.63) is 115 Å². The minimum atomic E-state index is -4.51. The van der Waals surface area contributed by atoms with E-state index in [-0.39, 0.29) is 12.3 Å². The second-order valence-corrected chi connectivity index (χ2v) is 12.1. The van der Waals surface area contributed by atoms with Crippen LogP contribution in [-0.2, 0) is 20.1 Å². The quantitative estimate of drug-likeness (QED) is 0.138. The lowest BCUT2D eigenvalue weighted by Gasteiger charge is -2.18. The fourth-order valence-electron chi connectivity index (χ4n) is 2.97. The second-order valence-electron chi connectivity index (χ2n) is 8.01. The molecule has 0 bridgehead atoms. The molecule has 0 aromatic heterocycles. The van der Waals surface area contributed by atoms with Gasteiger partial charge in [-0.25, -0.2) is 9.65 Å². The van der Waals surface area contributed by atoms with Crippen LogP contribution in [-0.4, -0.2) is 24.4 Å². The normalized spacial score (nSPS) is 14.0. The molecule has 210 valence electrons. The summed E-state index contributed by atoms with van der Waals surface area (Å²) in [6.45, 7) is 5.53. The molecule has 2 unspecified atom stereocenters. The second kappa shape index (κ2) is 15.3. The Morgan fingerprint density at radius 3 is 1.95 bits per heavy atom. The van der Waals surface area contributed by atoms with Gasteiger partial charge in [0, 0.05) is 23.9 Å². The van der Waals surface area contributed by atoms with E-state index in [2.05, 4.69) is 27.9 Å². The Balaban J connectivity index is 0.000000274. The molecule has 0 aliphatic carbocycles. The van der Waals surface area contributed by atoms with Crippen LogP contribution in [0.3, 0.4) is 0 Å². The average Bonchev–Trinajstić information content (AvgIpc) is 2.92. The molecule has 3 aromatic carbocycles. The van der Waals surface area contributed by atoms with E-state index in [9.17, 15) is 27.4 Å². The molecule has 39 heavy (non-hydrogen) atoms. The third kappa shape index (κ3) is 12.9. The molecule has 0 aliphatic heterocycles. The van der Waals surface area contributed by atoms with E-state index >= 15 is 0 Å². The van der Waals surface area contributed by atoms with Crippen molar-refractivity contribution in [2.75, 3.05) is 18.2 Å². The summed E-state index contributed by atoms with van der Waals surface area (Å²) in [7, 11) is -6.85. The Morgan fingerprint density at radius 2 is 1.41 bits per heavy atom. The number of hydrogen-bond donors (Lipinski definition) is 3. The Kier molecular flexibility index (Phi) is 12.6. The van der Waals surface area contributed by atoms with E-state index in [4.69, 9.17) is 4.52 Å². The van der Waals surface area contributed by atoms with Gasteiger partial charge >= 0.3 is 13.7 Å². The van der Waals surface area contributed by atoms with Gasteiger partial charge in [-0.1, -0.05) is 61.7 Å². The maximum absolute atomic E-state index is 12.5. The van der Waals surface area contributed by atoms with Crippen molar-refractivity contribution in [3.63, 3.8) is 0 Å². The van der Waals surface area contributed by atoms with Gasteiger partial charge in [0.1, 0.15) is 11.5 Å². The fourth-order valence-corrected chi connectivity index (χ4v) is 5.26. The smallest absolute Gasteiger partial charge is 0.412 e. The number of hydrogen-bond acceptors (Lipinski definition) is 5. The molecule has 3 aromatic rings. The van der Waals surface area contributed by atoms with Crippen LogP contribution in [0.5, 0.6) is 11.5 Å². The average molecular weight is 582 g/mol. The molecule has 0 radical (unpaired) electrons. The summed E-state index contributed by atoms with van der Waals surface area (Å²) < 4.78 is 70.3. The number of aryl methyl sites for hydroxylation is 1. The van der Waals surface area contributed by atoms with Gasteiger partial charge in [0.25, 0.3) is 7.52 Å². The molecule has 0 fully saturated rings. The van der Waals surface area contributed by atoms with Gasteiger partial charge in [0.15, 0.2) is 6.61 Å². The minimum Gasteiger partial charge on any atom is -0.508 e. The summed E-state index contributed by atoms with van der Waals surface area (Å²) >= 11 is 0. The topological polar surface area (TPSA) is 96.9 Å². The van der Waals surface area contributed by atoms with Crippen molar-refractivity contribution in [2.45, 2.75) is 19.0 Å². The van der Waals surface area contributed by atoms with Gasteiger partial charge in [-0.2, -0.15) is 13.2 Å². The molecule has 0 spiro atoms. The number of anilines is 1. The molecule has 12 heteroatoms. The molecule has 0 saturated heterocycles. The maximum Gasteiger partial charge on any atom is 0.412 e. The summed E-state index contributed by atoms with van der Waals surface area (Å²) in [6.07, 6.45) is -3.13. The number of aromatic hydroxyl groups is 1. The van der Waals surface area contributed by atoms with Crippen molar-refractivity contribution in [2.24, 2.45) is 0 Å². The molecule has 0 saturated carbocycles. The van der Waals surface area contributed by atoms with Crippen molar-refractivity contribution in [1.29, 1.82) is 0 Å². The first-order valence-electron chi connectivity index (χ1n) is 11.7. The highest BCUT2D eigenvalue weighted by atomic mass is 31.2. The Labute approximate surface area is 226 Å². The maximum atomic E-state index is 12.5. The zero-order chi connectivity index (χ0) is 28.8. The van der Waals surface area contributed by atoms with Gasteiger partial charge in [-0.15, -0.1) is 0 Å². The number of phenols is 1. The van der Waals surface area contributed by atoms with Crippen molar-refractivity contribution < 1.29 is 36.5 Å². The van der Waals surface area contributed by atoms with E-state index in [1.807, 2.05) is 48.5 Å². The number of benzene rings is 3. The lowest BCUT2D eigenvalue weighted by molar-refractivity contribution is -0.153. The lowest BCUT2D eigenvalue weighted by Crippen LogP contribution is -2.20. The Hall–Kier alpha value is -3.29. The predicted molar refractivity (Wildman–Crippen MR) is 149 cm³/mol. The predicted octanol–water partition coefficient (Wildman–Crippen LogP) is 8.34. The molecular weight excluding hydrogens is 551 g/mol. The summed E-state index contributed by atoms with van der Waals surface area (Å²) in [5, 5.41) is 14.5. The van der Waals surface area contributed by atoms with Gasteiger partial charge in [-0.05, 0) is 54.8 Å². The number of alkyl halides is 3. The van der Waals surface area contributed by atoms with Crippen LogP contribution >= 0.6 is 15.0 Å². The van der Waals surface area contributed by atoms with Gasteiger partial charge < -0.3 is 19.2 Å². The first-order valence-corrected chi connectivity index (χ1v) is 15.1. The van der Waals surface area contributed by atoms with E-state index < -0.39 is 27.8 Å². The van der Waals surface area contributed by atoms with Crippen molar-refractivity contribution in [3.8, 4) is 11.5 Å². The summed E-state index contributed by atoms with van der Waals surface area (Å²) in [5.74, 6) is 2.68. The highest BCUT2D eigenvalue weighted by Crippen LogP contribution is 2.48. The zero-order valence-electron chi connectivity index (χ0n) is 21.1. The molecule has 0 heterocycles. The first kappa shape index (κ1) is 31.9. The largest absolute Gasteiger partial charge is 0.508 e. The standard InChI is InChI=1S/C14H14NO3P.C13H17F3NO2P/c1-2-19(17,15-12-6-4-3-5-7-12)18-14-10-8-13(16)9-11-14;1-2-20(18,19-11-13(14,15)16)17-10-6-9-12-7-4-3-5-8-12/h2-11,16H,1H2,(H,15,17);2-5,7-8H,1,6,9-11H2,(H,17,18). The van der Waals surface area contributed by atoms with Crippen LogP contribution in [0.2, 0.25) is 0 Å². The summed E-state index contributed by atoms with van der Waals surface area (Å²) in [6, 6.07) is 24.7. The Bertz CT molecular complexity index is 1260. The van der Waals surface area contributed by atoms with Crippen LogP contribution in [0.1, 0.15) is 12.0 Å². The van der Waals surface area contributed by atoms with Crippen molar-refractivity contribution >= 4 is 20.7 Å². The van der Waals surface area contributed by atoms with E-state index in [0.717, 1.165) is 17.8 Å². The Morgan fingerprint density at radius 1 is 0.846 bits per heavy atom. The zero-order valence-corrected chi connectivity index (χ0v) is 22.9. The minimum absolute atomic E-state index is 0.122. The molecule has 0 amide bonds. The molecule has 0 aliphatic rings. The number of nitrogens with one attached hydrogen (secondary N) is 2. The fraction of sp³-hybridized carbons (Fsp3) is 0.185. The summed E-state index contributed by atoms with van der Waals surface area (Å²) in [5.41, 5.74) is 1.79. The third-order valence-electron chi connectivity index (χ3n) is 4.85. The van der Waals surface area contributed by atoms with Crippen molar-refractivity contribution in [1.82, 2.24) is 5.09 Å². The molecular formula is C27H31F3N2O5P2. The number of para-hydroxylation sites is 1. The summed E-state index contributed by atoms with van der Waals surface area (Å²) in [4.78, 5) is 0. The molecule has 3 N–H and O–H groups in total. The van der Waals surface area contributed by atoms with Crippen LogP contribution in [0.15, 0.2) is 110 Å². The van der Waals surface area contributed by atoms with Gasteiger partial charge in [0.05, 0.1) is 0 Å². The van der Waals surface area contributed by atoms with Crippen LogP contribution in [0.25, 0.3) is 0 Å². The molecule has 2 atom stereocenters. The van der Waals surface area contributed by atoms with Gasteiger partial charge in [0.2, 0.25) is 0 Å². The van der Waals surface area contributed by atoms with Crippen LogP contribution in [0, 0.1) is 0 Å². The van der Waals surface area contributed by atoms with Crippen LogP contribution < -0.4 is 14.7 Å². The number of phenolic OH excluding ortho intramolecular Hbond substituents is 1. The third-order valence-corrected chi connectivity index (χ3v) is 8.04. The lowest BCUT2D eigenvalue weighted by atomic mass is 10.1. The van der Waals surface area contributed by atoms with E-state index in [0.29, 0.717) is 17.9 Å².